The van der Waals surface area contributed by atoms with Crippen molar-refractivity contribution in [2.75, 3.05) is 27.4 Å². The summed E-state index contributed by atoms with van der Waals surface area (Å²) in [6, 6.07) is 12.5. The largest absolute Gasteiger partial charge is 0.497 e. The van der Waals surface area contributed by atoms with Crippen molar-refractivity contribution in [2.24, 2.45) is 0 Å². The van der Waals surface area contributed by atoms with Crippen molar-refractivity contribution in [3.8, 4) is 17.2 Å². The maximum atomic E-state index is 12.1. The minimum absolute atomic E-state index is 0.223. The number of rotatable bonds is 13. The van der Waals surface area contributed by atoms with Crippen LogP contribution in [0.2, 0.25) is 0 Å². The van der Waals surface area contributed by atoms with Crippen LogP contribution in [0.25, 0.3) is 12.2 Å². The van der Waals surface area contributed by atoms with Crippen molar-refractivity contribution in [2.45, 2.75) is 6.42 Å². The van der Waals surface area contributed by atoms with Crippen molar-refractivity contribution in [3.05, 3.63) is 65.7 Å². The highest BCUT2D eigenvalue weighted by Gasteiger charge is 2.07. The molecular formula is C24H25NO6. The molecule has 1 N–H and O–H groups in total. The molecule has 0 atom stereocenters. The molecule has 0 saturated heterocycles. The van der Waals surface area contributed by atoms with E-state index in [2.05, 4.69) is 5.32 Å². The van der Waals surface area contributed by atoms with Crippen molar-refractivity contribution >= 4 is 30.1 Å². The van der Waals surface area contributed by atoms with Gasteiger partial charge in [-0.05, 0) is 47.5 Å². The van der Waals surface area contributed by atoms with Gasteiger partial charge in [-0.2, -0.15) is 0 Å². The highest BCUT2D eigenvalue weighted by atomic mass is 16.5. The number of amides is 1. The first-order valence-electron chi connectivity index (χ1n) is 9.59. The normalized spacial score (nSPS) is 10.8. The predicted octanol–water partition coefficient (Wildman–Crippen LogP) is 3.08. The van der Waals surface area contributed by atoms with Crippen LogP contribution in [-0.2, 0) is 14.4 Å². The molecule has 0 radical (unpaired) electrons. The maximum absolute atomic E-state index is 12.1. The van der Waals surface area contributed by atoms with Gasteiger partial charge >= 0.3 is 0 Å². The molecule has 0 fully saturated rings. The summed E-state index contributed by atoms with van der Waals surface area (Å²) in [4.78, 5) is 34.4. The molecule has 162 valence electrons. The van der Waals surface area contributed by atoms with Gasteiger partial charge in [0, 0.05) is 0 Å². The summed E-state index contributed by atoms with van der Waals surface area (Å²) in [5.74, 6) is 1.12. The Balaban J connectivity index is 1.91. The van der Waals surface area contributed by atoms with Gasteiger partial charge < -0.3 is 19.5 Å². The molecule has 0 spiro atoms. The second kappa shape index (κ2) is 12.6. The Labute approximate surface area is 181 Å². The first kappa shape index (κ1) is 23.4. The Morgan fingerprint density at radius 1 is 0.903 bits per heavy atom. The zero-order chi connectivity index (χ0) is 22.5. The fourth-order valence-electron chi connectivity index (χ4n) is 2.60. The van der Waals surface area contributed by atoms with Crippen LogP contribution in [0.1, 0.15) is 17.5 Å². The van der Waals surface area contributed by atoms with Gasteiger partial charge in [-0.3, -0.25) is 14.4 Å². The van der Waals surface area contributed by atoms with Crippen LogP contribution in [0.3, 0.4) is 0 Å². The van der Waals surface area contributed by atoms with E-state index in [-0.39, 0.29) is 18.0 Å². The summed E-state index contributed by atoms with van der Waals surface area (Å²) >= 11 is 0. The van der Waals surface area contributed by atoms with Crippen molar-refractivity contribution in [1.82, 2.24) is 5.32 Å². The van der Waals surface area contributed by atoms with Crippen LogP contribution in [0.15, 0.2) is 54.6 Å². The van der Waals surface area contributed by atoms with E-state index in [0.717, 1.165) is 11.1 Å². The van der Waals surface area contributed by atoms with E-state index in [1.165, 1.54) is 19.3 Å². The van der Waals surface area contributed by atoms with Gasteiger partial charge in [0.05, 0.1) is 27.2 Å². The third-order valence-electron chi connectivity index (χ3n) is 4.14. The van der Waals surface area contributed by atoms with E-state index in [9.17, 15) is 14.4 Å². The number of allylic oxidation sites excluding steroid dienone is 2. The van der Waals surface area contributed by atoms with E-state index in [1.54, 1.807) is 43.5 Å². The Morgan fingerprint density at radius 2 is 1.61 bits per heavy atom. The molecule has 0 aromatic heterocycles. The Hall–Kier alpha value is -3.87. The third-order valence-corrected chi connectivity index (χ3v) is 4.14. The molecular weight excluding hydrogens is 398 g/mol. The molecule has 2 aromatic carbocycles. The van der Waals surface area contributed by atoms with E-state index in [1.807, 2.05) is 18.2 Å². The van der Waals surface area contributed by atoms with Crippen LogP contribution in [0, 0.1) is 0 Å². The minimum atomic E-state index is -0.306. The van der Waals surface area contributed by atoms with Crippen molar-refractivity contribution < 1.29 is 28.6 Å². The average molecular weight is 423 g/mol. The summed E-state index contributed by atoms with van der Waals surface area (Å²) in [6.45, 7) is 0.678. The fourth-order valence-corrected chi connectivity index (χ4v) is 2.60. The van der Waals surface area contributed by atoms with Crippen molar-refractivity contribution in [1.29, 1.82) is 0 Å². The second-order valence-electron chi connectivity index (χ2n) is 6.38. The summed E-state index contributed by atoms with van der Waals surface area (Å²) in [5, 5.41) is 2.51. The van der Waals surface area contributed by atoms with Gasteiger partial charge in [0.25, 0.3) is 0 Å². The monoisotopic (exact) mass is 423 g/mol. The summed E-state index contributed by atoms with van der Waals surface area (Å²) in [7, 11) is 3.08. The molecule has 0 aliphatic heterocycles. The van der Waals surface area contributed by atoms with Crippen LogP contribution in [0.4, 0.5) is 0 Å². The average Bonchev–Trinajstić information content (AvgIpc) is 2.79. The Kier molecular flexibility index (Phi) is 9.55. The van der Waals surface area contributed by atoms with Gasteiger partial charge in [-0.15, -0.1) is 0 Å². The molecule has 31 heavy (non-hydrogen) atoms. The number of ketones is 2. The quantitative estimate of drug-likeness (QED) is 0.230. The maximum Gasteiger partial charge on any atom is 0.207 e. The predicted molar refractivity (Wildman–Crippen MR) is 118 cm³/mol. The molecule has 2 rings (SSSR count). The van der Waals surface area contributed by atoms with Crippen LogP contribution < -0.4 is 19.5 Å². The lowest BCUT2D eigenvalue weighted by Crippen LogP contribution is -2.19. The highest BCUT2D eigenvalue weighted by Crippen LogP contribution is 2.28. The smallest absolute Gasteiger partial charge is 0.207 e. The van der Waals surface area contributed by atoms with Gasteiger partial charge in [0.2, 0.25) is 6.41 Å². The first-order valence-corrected chi connectivity index (χ1v) is 9.59. The molecule has 1 amide bonds. The SMILES string of the molecule is COc1cccc(/C=C/C(=O)CC(=O)/C=C/c2ccc(OCCNC=O)c(OC)c2)c1. The number of nitrogens with one attached hydrogen (secondary N) is 1. The molecule has 7 heteroatoms. The van der Waals surface area contributed by atoms with E-state index >= 15 is 0 Å². The van der Waals surface area contributed by atoms with E-state index < -0.39 is 0 Å². The number of benzene rings is 2. The Bertz CT molecular complexity index is 964. The second-order valence-corrected chi connectivity index (χ2v) is 6.38. The number of carbonyl (C=O) groups is 3. The zero-order valence-corrected chi connectivity index (χ0v) is 17.5. The van der Waals surface area contributed by atoms with Gasteiger partial charge in [-0.25, -0.2) is 0 Å². The molecule has 7 nitrogen and oxygen atoms in total. The molecule has 0 bridgehead atoms. The molecule has 0 saturated carbocycles. The minimum Gasteiger partial charge on any atom is -0.497 e. The lowest BCUT2D eigenvalue weighted by Gasteiger charge is -2.11. The molecule has 0 aliphatic rings. The standard InChI is InChI=1S/C24H25NO6/c1-29-22-5-3-4-18(14-22)6-9-20(27)16-21(28)10-7-19-8-11-23(24(15-19)30-2)31-13-12-25-17-26/h3-11,14-15,17H,12-13,16H2,1-2H3,(H,25,26)/b9-6+,10-7+. The number of methoxy groups -OCH3 is 2. The lowest BCUT2D eigenvalue weighted by molar-refractivity contribution is -0.121. The molecule has 0 aliphatic carbocycles. The highest BCUT2D eigenvalue weighted by molar-refractivity contribution is 6.10. The summed E-state index contributed by atoms with van der Waals surface area (Å²) in [6.07, 6.45) is 6.39. The van der Waals surface area contributed by atoms with Gasteiger partial charge in [0.1, 0.15) is 12.4 Å². The van der Waals surface area contributed by atoms with E-state index in [4.69, 9.17) is 14.2 Å². The van der Waals surface area contributed by atoms with Crippen molar-refractivity contribution in [3.63, 3.8) is 0 Å². The third kappa shape index (κ3) is 8.18. The summed E-state index contributed by atoms with van der Waals surface area (Å²) < 4.78 is 16.0. The molecule has 0 heterocycles. The van der Waals surface area contributed by atoms with Crippen LogP contribution in [0.5, 0.6) is 17.2 Å². The number of hydrogen-bond acceptors (Lipinski definition) is 6. The van der Waals surface area contributed by atoms with Crippen LogP contribution in [-0.4, -0.2) is 45.3 Å². The zero-order valence-electron chi connectivity index (χ0n) is 17.5. The number of ether oxygens (including phenoxy) is 3. The fraction of sp³-hybridized carbons (Fsp3) is 0.208. The van der Waals surface area contributed by atoms with Gasteiger partial charge in [0.15, 0.2) is 23.1 Å². The van der Waals surface area contributed by atoms with Gasteiger partial charge in [-0.1, -0.05) is 30.4 Å². The number of hydrogen-bond donors (Lipinski definition) is 1. The Morgan fingerprint density at radius 3 is 2.26 bits per heavy atom. The van der Waals surface area contributed by atoms with E-state index in [0.29, 0.717) is 36.8 Å². The first-order chi connectivity index (χ1) is 15.0. The topological polar surface area (TPSA) is 90.9 Å². The number of carbonyl (C=O) groups excluding carboxylic acids is 3. The molecule has 2 aromatic rings. The van der Waals surface area contributed by atoms with Crippen LogP contribution >= 0.6 is 0 Å². The molecule has 0 unspecified atom stereocenters. The lowest BCUT2D eigenvalue weighted by atomic mass is 10.1. The summed E-state index contributed by atoms with van der Waals surface area (Å²) in [5.41, 5.74) is 1.54.